The maximum Gasteiger partial charge on any atom is 0.0935 e. The zero-order valence-electron chi connectivity index (χ0n) is 4.61. The summed E-state index contributed by atoms with van der Waals surface area (Å²) in [6, 6.07) is 0. The van der Waals surface area contributed by atoms with Crippen LogP contribution in [-0.2, 0) is 0 Å². The largest absolute Gasteiger partial charge is 0.251 e. The molecular weight excluding hydrogens is 220 g/mol. The Bertz CT molecular complexity index is 78.8. The highest BCUT2D eigenvalue weighted by atomic mass is 127. The molecule has 1 fully saturated rings. The van der Waals surface area contributed by atoms with Gasteiger partial charge in [-0.1, -0.05) is 0 Å². The van der Waals surface area contributed by atoms with E-state index >= 15 is 0 Å². The SMILES string of the molecule is FC[C@@H]1CCN(I)C1. The molecule has 0 aromatic carbocycles. The van der Waals surface area contributed by atoms with E-state index in [4.69, 9.17) is 0 Å². The summed E-state index contributed by atoms with van der Waals surface area (Å²) in [6.45, 7) is 1.87. The molecule has 1 rings (SSSR count). The van der Waals surface area contributed by atoms with E-state index in [1.54, 1.807) is 0 Å². The maximum atomic E-state index is 11.8. The topological polar surface area (TPSA) is 3.24 Å². The monoisotopic (exact) mass is 229 g/mol. The third-order valence-corrected chi connectivity index (χ3v) is 2.33. The summed E-state index contributed by atoms with van der Waals surface area (Å²) in [6.07, 6.45) is 1.04. The first-order chi connectivity index (χ1) is 3.83. The average molecular weight is 229 g/mol. The van der Waals surface area contributed by atoms with E-state index in [9.17, 15) is 4.39 Å². The van der Waals surface area contributed by atoms with Crippen LogP contribution < -0.4 is 0 Å². The molecule has 0 aromatic rings. The van der Waals surface area contributed by atoms with Gasteiger partial charge in [-0.15, -0.1) is 0 Å². The molecule has 0 aromatic heterocycles. The van der Waals surface area contributed by atoms with Crippen LogP contribution in [0.25, 0.3) is 0 Å². The number of hydrogen-bond donors (Lipinski definition) is 0. The van der Waals surface area contributed by atoms with Crippen molar-refractivity contribution >= 4 is 22.9 Å². The summed E-state index contributed by atoms with van der Waals surface area (Å²) >= 11 is 2.24. The lowest BCUT2D eigenvalue weighted by Crippen LogP contribution is -2.07. The van der Waals surface area contributed by atoms with E-state index < -0.39 is 0 Å². The van der Waals surface area contributed by atoms with Crippen LogP contribution in [0.2, 0.25) is 0 Å². The fourth-order valence-electron chi connectivity index (χ4n) is 0.911. The van der Waals surface area contributed by atoms with Crippen LogP contribution in [0, 0.1) is 5.92 Å². The smallest absolute Gasteiger partial charge is 0.0935 e. The molecule has 0 unspecified atom stereocenters. The van der Waals surface area contributed by atoms with Crippen molar-refractivity contribution in [2.75, 3.05) is 19.8 Å². The zero-order chi connectivity index (χ0) is 5.98. The van der Waals surface area contributed by atoms with Gasteiger partial charge in [-0.2, -0.15) is 0 Å². The molecule has 8 heavy (non-hydrogen) atoms. The van der Waals surface area contributed by atoms with E-state index in [1.807, 2.05) is 0 Å². The van der Waals surface area contributed by atoms with Gasteiger partial charge in [0.15, 0.2) is 0 Å². The Morgan fingerprint density at radius 1 is 1.75 bits per heavy atom. The van der Waals surface area contributed by atoms with E-state index in [-0.39, 0.29) is 6.67 Å². The summed E-state index contributed by atoms with van der Waals surface area (Å²) in [5, 5.41) is 0. The predicted molar refractivity (Wildman–Crippen MR) is 39.7 cm³/mol. The van der Waals surface area contributed by atoms with Gasteiger partial charge in [-0.05, 0) is 6.42 Å². The van der Waals surface area contributed by atoms with Gasteiger partial charge in [-0.3, -0.25) is 4.39 Å². The van der Waals surface area contributed by atoms with Crippen LogP contribution in [0.15, 0.2) is 0 Å². The summed E-state index contributed by atoms with van der Waals surface area (Å²) in [5.41, 5.74) is 0. The number of hydrogen-bond acceptors (Lipinski definition) is 1. The van der Waals surface area contributed by atoms with E-state index in [0.717, 1.165) is 19.5 Å². The van der Waals surface area contributed by atoms with Crippen molar-refractivity contribution in [1.82, 2.24) is 3.11 Å². The first-order valence-electron chi connectivity index (χ1n) is 2.79. The van der Waals surface area contributed by atoms with Gasteiger partial charge in [0.2, 0.25) is 0 Å². The first-order valence-corrected chi connectivity index (χ1v) is 3.76. The Kier molecular flexibility index (Phi) is 2.49. The molecule has 48 valence electrons. The maximum absolute atomic E-state index is 11.8. The average Bonchev–Trinajstić information content (AvgIpc) is 2.14. The van der Waals surface area contributed by atoms with Crippen molar-refractivity contribution < 1.29 is 4.39 Å². The number of halogens is 2. The molecule has 1 atom stereocenters. The number of rotatable bonds is 1. The van der Waals surface area contributed by atoms with Gasteiger partial charge >= 0.3 is 0 Å². The Labute approximate surface area is 62.7 Å². The molecule has 0 spiro atoms. The lowest BCUT2D eigenvalue weighted by molar-refractivity contribution is 0.375. The highest BCUT2D eigenvalue weighted by molar-refractivity contribution is 14.1. The van der Waals surface area contributed by atoms with Crippen LogP contribution >= 0.6 is 22.9 Å². The molecule has 0 aliphatic carbocycles. The molecule has 1 saturated heterocycles. The van der Waals surface area contributed by atoms with Gasteiger partial charge in [0.05, 0.1) is 6.67 Å². The summed E-state index contributed by atoms with van der Waals surface area (Å²) in [7, 11) is 0. The van der Waals surface area contributed by atoms with Crippen LogP contribution in [0.3, 0.4) is 0 Å². The van der Waals surface area contributed by atoms with Crippen molar-refractivity contribution in [2.24, 2.45) is 5.92 Å². The van der Waals surface area contributed by atoms with Gasteiger partial charge in [0.1, 0.15) is 0 Å². The highest BCUT2D eigenvalue weighted by Crippen LogP contribution is 2.18. The van der Waals surface area contributed by atoms with Crippen LogP contribution in [-0.4, -0.2) is 22.9 Å². The van der Waals surface area contributed by atoms with Crippen LogP contribution in [0.4, 0.5) is 4.39 Å². The van der Waals surface area contributed by atoms with E-state index in [2.05, 4.69) is 26.0 Å². The minimum absolute atomic E-state index is 0.139. The molecule has 1 nitrogen and oxygen atoms in total. The molecule has 1 aliphatic rings. The molecule has 0 saturated carbocycles. The van der Waals surface area contributed by atoms with Gasteiger partial charge < -0.3 is 0 Å². The molecule has 1 aliphatic heterocycles. The lowest BCUT2D eigenvalue weighted by Gasteiger charge is -2.01. The highest BCUT2D eigenvalue weighted by Gasteiger charge is 2.19. The Morgan fingerprint density at radius 2 is 2.50 bits per heavy atom. The fraction of sp³-hybridized carbons (Fsp3) is 1.00. The summed E-state index contributed by atoms with van der Waals surface area (Å²) in [5.74, 6) is 0.326. The summed E-state index contributed by atoms with van der Waals surface area (Å²) < 4.78 is 14.0. The van der Waals surface area contributed by atoms with Gasteiger partial charge in [0.25, 0.3) is 0 Å². The van der Waals surface area contributed by atoms with E-state index in [1.165, 1.54) is 0 Å². The summed E-state index contributed by atoms with van der Waals surface area (Å²) in [4.78, 5) is 0. The van der Waals surface area contributed by atoms with Gasteiger partial charge in [-0.25, -0.2) is 3.11 Å². The lowest BCUT2D eigenvalue weighted by atomic mass is 10.1. The van der Waals surface area contributed by atoms with Crippen LogP contribution in [0.1, 0.15) is 6.42 Å². The van der Waals surface area contributed by atoms with Crippen LogP contribution in [0.5, 0.6) is 0 Å². The third kappa shape index (κ3) is 1.55. The predicted octanol–water partition coefficient (Wildman–Crippen LogP) is 1.63. The van der Waals surface area contributed by atoms with Crippen molar-refractivity contribution in [3.63, 3.8) is 0 Å². The van der Waals surface area contributed by atoms with Crippen molar-refractivity contribution in [3.05, 3.63) is 0 Å². The standard InChI is InChI=1S/C5H9FIN/c6-3-5-1-2-8(7)4-5/h5H,1-4H2/t5-/m0/s1. The molecule has 0 amide bonds. The minimum Gasteiger partial charge on any atom is -0.251 e. The quantitative estimate of drug-likeness (QED) is 0.488. The Morgan fingerprint density at radius 3 is 2.75 bits per heavy atom. The Balaban J connectivity index is 2.22. The van der Waals surface area contributed by atoms with Crippen molar-refractivity contribution in [2.45, 2.75) is 6.42 Å². The van der Waals surface area contributed by atoms with Crippen molar-refractivity contribution in [3.8, 4) is 0 Å². The normalized spacial score (nSPS) is 31.5. The Hall–Kier alpha value is 0.620. The molecule has 0 bridgehead atoms. The first kappa shape index (κ1) is 6.74. The van der Waals surface area contributed by atoms with Crippen molar-refractivity contribution in [1.29, 1.82) is 0 Å². The third-order valence-electron chi connectivity index (χ3n) is 1.45. The van der Waals surface area contributed by atoms with E-state index in [0.29, 0.717) is 5.92 Å². The second kappa shape index (κ2) is 2.96. The molecule has 0 N–H and O–H groups in total. The number of alkyl halides is 1. The zero-order valence-corrected chi connectivity index (χ0v) is 6.77. The second-order valence-electron chi connectivity index (χ2n) is 2.18. The molecule has 3 heteroatoms. The minimum atomic E-state index is -0.139. The van der Waals surface area contributed by atoms with Gasteiger partial charge in [0, 0.05) is 41.9 Å². The molecular formula is C5H9FIN. The molecule has 0 radical (unpaired) electrons. The second-order valence-corrected chi connectivity index (χ2v) is 3.54. The number of nitrogens with zero attached hydrogens (tertiary/aromatic N) is 1. The fourth-order valence-corrected chi connectivity index (χ4v) is 1.75. The molecule has 1 heterocycles.